The lowest BCUT2D eigenvalue weighted by Crippen LogP contribution is -2.23. The number of amides is 2. The van der Waals surface area contributed by atoms with Crippen molar-refractivity contribution in [2.24, 2.45) is 0 Å². The summed E-state index contributed by atoms with van der Waals surface area (Å²) in [4.78, 5) is 26.1. The first-order valence-corrected chi connectivity index (χ1v) is 10.4. The molecule has 0 saturated carbocycles. The van der Waals surface area contributed by atoms with Crippen LogP contribution < -0.4 is 15.0 Å². The topological polar surface area (TPSA) is 58.6 Å². The van der Waals surface area contributed by atoms with E-state index in [4.69, 9.17) is 4.74 Å². The van der Waals surface area contributed by atoms with Crippen molar-refractivity contribution in [3.8, 4) is 5.75 Å². The average Bonchev–Trinajstić information content (AvgIpc) is 2.75. The van der Waals surface area contributed by atoms with E-state index in [-0.39, 0.29) is 11.8 Å². The molecule has 0 unspecified atom stereocenters. The molecule has 0 aliphatic heterocycles. The number of rotatable bonds is 7. The lowest BCUT2D eigenvalue weighted by atomic mass is 10.1. The van der Waals surface area contributed by atoms with Crippen LogP contribution in [0.15, 0.2) is 77.3 Å². The first kappa shape index (κ1) is 21.6. The molecule has 1 N–H and O–H groups in total. The Labute approximate surface area is 184 Å². The summed E-state index contributed by atoms with van der Waals surface area (Å²) < 4.78 is 6.70. The molecule has 0 radical (unpaired) electrons. The number of nitrogens with one attached hydrogen (secondary N) is 1. The number of ether oxygens (including phenoxy) is 1. The quantitative estimate of drug-likeness (QED) is 0.513. The van der Waals surface area contributed by atoms with Gasteiger partial charge in [0.1, 0.15) is 5.75 Å². The second-order valence-corrected chi connectivity index (χ2v) is 7.72. The van der Waals surface area contributed by atoms with Crippen molar-refractivity contribution in [2.45, 2.75) is 13.3 Å². The van der Waals surface area contributed by atoms with Crippen LogP contribution in [0.1, 0.15) is 22.8 Å². The van der Waals surface area contributed by atoms with Crippen LogP contribution in [0.5, 0.6) is 5.75 Å². The van der Waals surface area contributed by atoms with Crippen LogP contribution in [0.4, 0.5) is 11.4 Å². The summed E-state index contributed by atoms with van der Waals surface area (Å²) in [7, 11) is 1.69. The molecule has 154 valence electrons. The highest BCUT2D eigenvalue weighted by atomic mass is 79.9. The Kier molecular flexibility index (Phi) is 7.25. The van der Waals surface area contributed by atoms with Crippen LogP contribution in [0.3, 0.4) is 0 Å². The minimum atomic E-state index is -0.284. The molecule has 3 rings (SSSR count). The molecule has 3 aromatic carbocycles. The van der Waals surface area contributed by atoms with Crippen molar-refractivity contribution >= 4 is 39.1 Å². The minimum absolute atomic E-state index is 0.0837. The Bertz CT molecular complexity index is 1040. The van der Waals surface area contributed by atoms with Crippen molar-refractivity contribution in [3.05, 3.63) is 88.4 Å². The second-order valence-electron chi connectivity index (χ2n) is 6.81. The molecule has 3 aromatic rings. The number of hydrogen-bond acceptors (Lipinski definition) is 3. The zero-order chi connectivity index (χ0) is 21.5. The van der Waals surface area contributed by atoms with Gasteiger partial charge in [0.2, 0.25) is 5.91 Å². The molecule has 0 heterocycles. The maximum atomic E-state index is 12.9. The molecule has 30 heavy (non-hydrogen) atoms. The van der Waals surface area contributed by atoms with E-state index in [0.717, 1.165) is 10.9 Å². The summed E-state index contributed by atoms with van der Waals surface area (Å²) in [5.74, 6) is 0.150. The van der Waals surface area contributed by atoms with Gasteiger partial charge in [0.25, 0.3) is 5.91 Å². The van der Waals surface area contributed by atoms with Gasteiger partial charge < -0.3 is 15.0 Å². The molecule has 0 aromatic heterocycles. The van der Waals surface area contributed by atoms with Gasteiger partial charge in [-0.25, -0.2) is 0 Å². The molecule has 5 nitrogen and oxygen atoms in total. The molecule has 0 saturated heterocycles. The van der Waals surface area contributed by atoms with E-state index >= 15 is 0 Å². The molecule has 2 amide bonds. The molecule has 0 atom stereocenters. The third-order valence-electron chi connectivity index (χ3n) is 4.64. The number of halogens is 1. The highest BCUT2D eigenvalue weighted by molar-refractivity contribution is 9.10. The summed E-state index contributed by atoms with van der Waals surface area (Å²) >= 11 is 3.42. The van der Waals surface area contributed by atoms with Gasteiger partial charge in [-0.2, -0.15) is 0 Å². The fraction of sp³-hybridized carbons (Fsp3) is 0.167. The maximum Gasteiger partial charge on any atom is 0.259 e. The van der Waals surface area contributed by atoms with E-state index in [1.807, 2.05) is 42.5 Å². The number of carbonyl (C=O) groups excluding carboxylic acids is 2. The number of anilines is 2. The normalized spacial score (nSPS) is 10.4. The molecule has 0 spiro atoms. The Balaban J connectivity index is 1.73. The fourth-order valence-electron chi connectivity index (χ4n) is 2.90. The van der Waals surface area contributed by atoms with Crippen molar-refractivity contribution < 1.29 is 14.3 Å². The highest BCUT2D eigenvalue weighted by Crippen LogP contribution is 2.26. The Hall–Kier alpha value is -3.12. The van der Waals surface area contributed by atoms with E-state index in [0.29, 0.717) is 29.3 Å². The van der Waals surface area contributed by atoms with Gasteiger partial charge in [-0.05, 0) is 42.0 Å². The van der Waals surface area contributed by atoms with Gasteiger partial charge in [0.05, 0.1) is 12.2 Å². The summed E-state index contributed by atoms with van der Waals surface area (Å²) in [6.07, 6.45) is 0.747. The van der Waals surface area contributed by atoms with Crippen LogP contribution in [0, 0.1) is 0 Å². The first-order chi connectivity index (χ1) is 14.4. The van der Waals surface area contributed by atoms with E-state index in [2.05, 4.69) is 21.2 Å². The van der Waals surface area contributed by atoms with Crippen LogP contribution >= 0.6 is 15.9 Å². The average molecular weight is 467 g/mol. The van der Waals surface area contributed by atoms with E-state index in [1.54, 1.807) is 37.4 Å². The van der Waals surface area contributed by atoms with Crippen molar-refractivity contribution in [2.75, 3.05) is 23.9 Å². The van der Waals surface area contributed by atoms with Crippen LogP contribution in [-0.2, 0) is 11.2 Å². The molecule has 0 bridgehead atoms. The van der Waals surface area contributed by atoms with Crippen LogP contribution in [0.2, 0.25) is 0 Å². The predicted octanol–water partition coefficient (Wildman–Crippen LogP) is 5.31. The number of hydrogen-bond donors (Lipinski definition) is 1. The number of benzene rings is 3. The summed E-state index contributed by atoms with van der Waals surface area (Å²) in [5.41, 5.74) is 2.91. The smallest absolute Gasteiger partial charge is 0.259 e. The zero-order valence-electron chi connectivity index (χ0n) is 16.9. The Morgan fingerprint density at radius 2 is 1.77 bits per heavy atom. The first-order valence-electron chi connectivity index (χ1n) is 9.56. The van der Waals surface area contributed by atoms with Gasteiger partial charge in [0.15, 0.2) is 0 Å². The lowest BCUT2D eigenvalue weighted by Gasteiger charge is -2.17. The van der Waals surface area contributed by atoms with Gasteiger partial charge in [0, 0.05) is 36.2 Å². The van der Waals surface area contributed by atoms with Gasteiger partial charge >= 0.3 is 0 Å². The lowest BCUT2D eigenvalue weighted by molar-refractivity contribution is -0.116. The Morgan fingerprint density at radius 1 is 1.00 bits per heavy atom. The molecule has 0 aliphatic rings. The fourth-order valence-corrected chi connectivity index (χ4v) is 3.26. The largest absolute Gasteiger partial charge is 0.492 e. The monoisotopic (exact) mass is 466 g/mol. The molecule has 0 fully saturated rings. The van der Waals surface area contributed by atoms with E-state index in [9.17, 15) is 9.59 Å². The molecule has 0 aliphatic carbocycles. The predicted molar refractivity (Wildman–Crippen MR) is 123 cm³/mol. The van der Waals surface area contributed by atoms with Crippen LogP contribution in [0.25, 0.3) is 0 Å². The standard InChI is InChI=1S/C24H23BrN2O3/c1-17(28)27(2)21-10-6-9-20(16-21)26-24(29)22-15-19(25)11-12-23(22)30-14-13-18-7-4-3-5-8-18/h3-12,15-16H,13-14H2,1-2H3,(H,26,29). The zero-order valence-corrected chi connectivity index (χ0v) is 18.5. The minimum Gasteiger partial charge on any atom is -0.492 e. The molecular formula is C24H23BrN2O3. The molecular weight excluding hydrogens is 444 g/mol. The summed E-state index contributed by atoms with van der Waals surface area (Å²) in [6.45, 7) is 1.95. The highest BCUT2D eigenvalue weighted by Gasteiger charge is 2.15. The van der Waals surface area contributed by atoms with Gasteiger partial charge in [-0.1, -0.05) is 52.3 Å². The van der Waals surface area contributed by atoms with E-state index < -0.39 is 0 Å². The molecule has 6 heteroatoms. The van der Waals surface area contributed by atoms with Gasteiger partial charge in [-0.15, -0.1) is 0 Å². The maximum absolute atomic E-state index is 12.9. The third-order valence-corrected chi connectivity index (χ3v) is 5.13. The van der Waals surface area contributed by atoms with Crippen molar-refractivity contribution in [3.63, 3.8) is 0 Å². The third kappa shape index (κ3) is 5.70. The van der Waals surface area contributed by atoms with Crippen LogP contribution in [-0.4, -0.2) is 25.5 Å². The second kappa shape index (κ2) is 10.1. The summed E-state index contributed by atoms with van der Waals surface area (Å²) in [5, 5.41) is 2.89. The number of carbonyl (C=O) groups is 2. The number of nitrogens with zero attached hydrogens (tertiary/aromatic N) is 1. The van der Waals surface area contributed by atoms with Gasteiger partial charge in [-0.3, -0.25) is 9.59 Å². The van der Waals surface area contributed by atoms with Crippen molar-refractivity contribution in [1.29, 1.82) is 0 Å². The SMILES string of the molecule is CC(=O)N(C)c1cccc(NC(=O)c2cc(Br)ccc2OCCc2ccccc2)c1. The summed E-state index contributed by atoms with van der Waals surface area (Å²) in [6, 6.07) is 22.6. The Morgan fingerprint density at radius 3 is 2.50 bits per heavy atom. The van der Waals surface area contributed by atoms with Crippen molar-refractivity contribution in [1.82, 2.24) is 0 Å². The van der Waals surface area contributed by atoms with E-state index in [1.165, 1.54) is 17.4 Å².